The average molecular weight is 869 g/mol. The molecule has 2 heterocycles. The molecule has 2 unspecified atom stereocenters. The van der Waals surface area contributed by atoms with Crippen LogP contribution in [0.5, 0.6) is 0 Å². The number of hydrogen-bond donors (Lipinski definition) is 0. The van der Waals surface area contributed by atoms with Crippen molar-refractivity contribution < 1.29 is 0 Å². The van der Waals surface area contributed by atoms with Crippen molar-refractivity contribution in [3.8, 4) is 90.6 Å². The summed E-state index contributed by atoms with van der Waals surface area (Å²) in [5, 5.41) is 0. The molecule has 11 aromatic rings. The number of nitrogens with zero attached hydrogens (tertiary/aromatic N) is 6. The van der Waals surface area contributed by atoms with Gasteiger partial charge < -0.3 is 0 Å². The predicted molar refractivity (Wildman–Crippen MR) is 271 cm³/mol. The Morgan fingerprint density at radius 1 is 0.176 bits per heavy atom. The second kappa shape index (κ2) is 16.5. The maximum Gasteiger partial charge on any atom is 0.164 e. The van der Waals surface area contributed by atoms with Crippen LogP contribution in [0.1, 0.15) is 45.2 Å². The SMILES string of the molecule is c1ccc(-c2ccc(-c3cccc(-c4nc(-c5ccccc5)nc(-c5ccc6c(c5)C5c7ccccc7C6c6cc(-c7nc(-c8ccccc8)nc(-c8ccccc8)n7)ccc65)n4)c3)cc2)cc1. The highest BCUT2D eigenvalue weighted by Crippen LogP contribution is 2.56. The van der Waals surface area contributed by atoms with Crippen LogP contribution in [0.15, 0.2) is 231 Å². The van der Waals surface area contributed by atoms with Gasteiger partial charge in [0.2, 0.25) is 0 Å². The van der Waals surface area contributed by atoms with E-state index in [4.69, 9.17) is 29.9 Å². The molecule has 0 aliphatic heterocycles. The number of rotatable bonds is 8. The third-order valence-corrected chi connectivity index (χ3v) is 13.4. The van der Waals surface area contributed by atoms with Crippen LogP contribution in [0.25, 0.3) is 90.6 Å². The second-order valence-electron chi connectivity index (χ2n) is 17.4. The van der Waals surface area contributed by atoms with E-state index in [1.54, 1.807) is 0 Å². The van der Waals surface area contributed by atoms with Crippen LogP contribution >= 0.6 is 0 Å². The predicted octanol–water partition coefficient (Wildman–Crippen LogP) is 14.4. The second-order valence-corrected chi connectivity index (χ2v) is 17.4. The van der Waals surface area contributed by atoms with E-state index in [-0.39, 0.29) is 11.8 Å². The molecular formula is C62H40N6. The fourth-order valence-electron chi connectivity index (χ4n) is 10.1. The van der Waals surface area contributed by atoms with Crippen molar-refractivity contribution in [1.29, 1.82) is 0 Å². The van der Waals surface area contributed by atoms with Crippen LogP contribution in [0.4, 0.5) is 0 Å². The van der Waals surface area contributed by atoms with E-state index in [0.29, 0.717) is 34.9 Å². The summed E-state index contributed by atoms with van der Waals surface area (Å²) < 4.78 is 0. The molecule has 318 valence electrons. The van der Waals surface area contributed by atoms with Crippen LogP contribution in [0, 0.1) is 0 Å². The third kappa shape index (κ3) is 6.98. The van der Waals surface area contributed by atoms with Gasteiger partial charge in [0.05, 0.1) is 0 Å². The summed E-state index contributed by atoms with van der Waals surface area (Å²) in [5.41, 5.74) is 18.1. The Morgan fingerprint density at radius 2 is 0.441 bits per heavy atom. The van der Waals surface area contributed by atoms with Crippen LogP contribution in [-0.2, 0) is 0 Å². The molecule has 6 heteroatoms. The van der Waals surface area contributed by atoms with Gasteiger partial charge >= 0.3 is 0 Å². The van der Waals surface area contributed by atoms with E-state index >= 15 is 0 Å². The average Bonchev–Trinajstić information content (AvgIpc) is 3.43. The molecule has 0 N–H and O–H groups in total. The van der Waals surface area contributed by atoms with Gasteiger partial charge in [-0.25, -0.2) is 29.9 Å². The van der Waals surface area contributed by atoms with Crippen LogP contribution in [0.3, 0.4) is 0 Å². The summed E-state index contributed by atoms with van der Waals surface area (Å²) in [6.45, 7) is 0. The monoisotopic (exact) mass is 868 g/mol. The lowest BCUT2D eigenvalue weighted by Crippen LogP contribution is -2.27. The molecule has 14 rings (SSSR count). The molecule has 2 aromatic heterocycles. The van der Waals surface area contributed by atoms with Crippen molar-refractivity contribution in [3.05, 3.63) is 264 Å². The summed E-state index contributed by atoms with van der Waals surface area (Å²) in [7, 11) is 0. The standard InChI is InChI=1S/C62H40N6/c1-5-16-39(17-6-1)40-28-30-41(31-29-40)45-24-15-25-46(36-45)60-64-59(44-22-11-4-12-23-44)67-62(68-60)48-33-35-52-54(38-48)56-50-27-14-13-26-49(50)55(52)53-37-47(32-34-51(53)56)61-65-57(42-18-7-2-8-19-42)63-58(66-61)43-20-9-3-10-21-43/h1-38,55-56H. The quantitative estimate of drug-likeness (QED) is 0.151. The molecule has 3 aliphatic carbocycles. The fourth-order valence-corrected chi connectivity index (χ4v) is 10.1. The highest BCUT2D eigenvalue weighted by molar-refractivity contribution is 5.78. The van der Waals surface area contributed by atoms with Crippen molar-refractivity contribution in [2.45, 2.75) is 11.8 Å². The van der Waals surface area contributed by atoms with E-state index in [1.165, 1.54) is 44.5 Å². The Labute approximate surface area is 394 Å². The van der Waals surface area contributed by atoms with Crippen molar-refractivity contribution in [2.24, 2.45) is 0 Å². The molecule has 3 aliphatic rings. The van der Waals surface area contributed by atoms with E-state index in [9.17, 15) is 0 Å². The molecule has 0 amide bonds. The van der Waals surface area contributed by atoms with Gasteiger partial charge in [-0.05, 0) is 73.8 Å². The largest absolute Gasteiger partial charge is 0.208 e. The molecule has 0 saturated heterocycles. The molecule has 6 nitrogen and oxygen atoms in total. The first kappa shape index (κ1) is 39.4. The van der Waals surface area contributed by atoms with E-state index in [0.717, 1.165) is 44.5 Å². The zero-order chi connectivity index (χ0) is 45.0. The molecule has 0 spiro atoms. The van der Waals surface area contributed by atoms with Gasteiger partial charge in [0.15, 0.2) is 34.9 Å². The maximum absolute atomic E-state index is 5.25. The molecule has 2 atom stereocenters. The van der Waals surface area contributed by atoms with Crippen LogP contribution < -0.4 is 0 Å². The van der Waals surface area contributed by atoms with Crippen molar-refractivity contribution >= 4 is 0 Å². The van der Waals surface area contributed by atoms with Gasteiger partial charge in [-0.3, -0.25) is 0 Å². The highest BCUT2D eigenvalue weighted by Gasteiger charge is 2.41. The lowest BCUT2D eigenvalue weighted by Gasteiger charge is -2.42. The molecular weight excluding hydrogens is 829 g/mol. The molecule has 0 fully saturated rings. The normalized spacial score (nSPS) is 14.2. The van der Waals surface area contributed by atoms with Gasteiger partial charge in [0.25, 0.3) is 0 Å². The van der Waals surface area contributed by atoms with Gasteiger partial charge in [-0.1, -0.05) is 212 Å². The first-order valence-corrected chi connectivity index (χ1v) is 23.0. The van der Waals surface area contributed by atoms with Crippen molar-refractivity contribution in [2.75, 3.05) is 0 Å². The lowest BCUT2D eigenvalue weighted by molar-refractivity contribution is 0.754. The summed E-state index contributed by atoms with van der Waals surface area (Å²) in [5.74, 6) is 3.89. The Hall–Kier alpha value is -9.00. The van der Waals surface area contributed by atoms with E-state index in [2.05, 4.69) is 146 Å². The van der Waals surface area contributed by atoms with Crippen molar-refractivity contribution in [1.82, 2.24) is 29.9 Å². The van der Waals surface area contributed by atoms with Gasteiger partial charge in [0, 0.05) is 45.2 Å². The van der Waals surface area contributed by atoms with Crippen LogP contribution in [0.2, 0.25) is 0 Å². The first-order chi connectivity index (χ1) is 33.7. The summed E-state index contributed by atoms with van der Waals surface area (Å²) in [6.07, 6.45) is 0. The Bertz CT molecular complexity index is 3610. The molecule has 0 radical (unpaired) electrons. The highest BCUT2D eigenvalue weighted by atomic mass is 15.0. The minimum atomic E-state index is 0.0215. The molecule has 2 bridgehead atoms. The lowest BCUT2D eigenvalue weighted by atomic mass is 9.61. The summed E-state index contributed by atoms with van der Waals surface area (Å²) >= 11 is 0. The van der Waals surface area contributed by atoms with Crippen molar-refractivity contribution in [3.63, 3.8) is 0 Å². The van der Waals surface area contributed by atoms with Gasteiger partial charge in [-0.15, -0.1) is 0 Å². The number of aromatic nitrogens is 6. The van der Waals surface area contributed by atoms with Crippen LogP contribution in [-0.4, -0.2) is 29.9 Å². The Kier molecular flexibility index (Phi) is 9.53. The minimum absolute atomic E-state index is 0.0215. The van der Waals surface area contributed by atoms with Gasteiger partial charge in [-0.2, -0.15) is 0 Å². The molecule has 9 aromatic carbocycles. The molecule has 68 heavy (non-hydrogen) atoms. The molecule has 0 saturated carbocycles. The Morgan fingerprint density at radius 3 is 0.853 bits per heavy atom. The third-order valence-electron chi connectivity index (χ3n) is 13.4. The first-order valence-electron chi connectivity index (χ1n) is 23.0. The number of hydrogen-bond acceptors (Lipinski definition) is 6. The smallest absolute Gasteiger partial charge is 0.164 e. The fraction of sp³-hybridized carbons (Fsp3) is 0.0323. The zero-order valence-electron chi connectivity index (χ0n) is 36.8. The van der Waals surface area contributed by atoms with E-state index < -0.39 is 0 Å². The van der Waals surface area contributed by atoms with Gasteiger partial charge in [0.1, 0.15) is 0 Å². The summed E-state index contributed by atoms with van der Waals surface area (Å²) in [4.78, 5) is 30.7. The topological polar surface area (TPSA) is 77.3 Å². The maximum atomic E-state index is 5.25. The minimum Gasteiger partial charge on any atom is -0.208 e. The number of benzene rings is 9. The van der Waals surface area contributed by atoms with E-state index in [1.807, 2.05) is 84.9 Å². The summed E-state index contributed by atoms with van der Waals surface area (Å²) in [6, 6.07) is 80.7. The Balaban J connectivity index is 0.901. The zero-order valence-corrected chi connectivity index (χ0v) is 36.8.